The Morgan fingerprint density at radius 3 is 2.64 bits per heavy atom. The average Bonchev–Trinajstić information content (AvgIpc) is 3.39. The molecule has 1 aromatic carbocycles. The molecule has 3 N–H and O–H groups in total. The molecule has 2 aliphatic heterocycles. The zero-order valence-electron chi connectivity index (χ0n) is 15.0. The molecule has 4 amide bonds. The largest absolute Gasteiger partial charge is 0.481 e. The lowest BCUT2D eigenvalue weighted by molar-refractivity contribution is -0.143. The Kier molecular flexibility index (Phi) is 4.17. The van der Waals surface area contributed by atoms with Crippen molar-refractivity contribution in [1.82, 2.24) is 15.5 Å². The van der Waals surface area contributed by atoms with Gasteiger partial charge in [0, 0.05) is 30.6 Å². The molecule has 28 heavy (non-hydrogen) atoms. The van der Waals surface area contributed by atoms with Gasteiger partial charge in [0.15, 0.2) is 0 Å². The van der Waals surface area contributed by atoms with Gasteiger partial charge in [-0.15, -0.1) is 0 Å². The van der Waals surface area contributed by atoms with Crippen molar-refractivity contribution in [2.24, 2.45) is 5.41 Å². The summed E-state index contributed by atoms with van der Waals surface area (Å²) in [5, 5.41) is 14.1. The molecule has 2 fully saturated rings. The van der Waals surface area contributed by atoms with E-state index < -0.39 is 29.2 Å². The third-order valence-corrected chi connectivity index (χ3v) is 5.72. The monoisotopic (exact) mass is 385 g/mol. The number of aliphatic carboxylic acids is 1. The van der Waals surface area contributed by atoms with Crippen molar-refractivity contribution in [2.75, 3.05) is 6.54 Å². The summed E-state index contributed by atoms with van der Waals surface area (Å²) in [6, 6.07) is 4.01. The van der Waals surface area contributed by atoms with Gasteiger partial charge in [-0.1, -0.05) is 6.07 Å². The fourth-order valence-corrected chi connectivity index (χ4v) is 3.76. The Balaban J connectivity index is 1.53. The van der Waals surface area contributed by atoms with Crippen LogP contribution in [0.2, 0.25) is 0 Å². The number of hydrogen-bond donors (Lipinski definition) is 3. The molecule has 9 heteroatoms. The van der Waals surface area contributed by atoms with E-state index in [0.717, 1.165) is 0 Å². The third-order valence-electron chi connectivity index (χ3n) is 5.72. The van der Waals surface area contributed by atoms with Crippen LogP contribution in [0.4, 0.5) is 0 Å². The molecular weight excluding hydrogens is 366 g/mol. The minimum absolute atomic E-state index is 0.0373. The Bertz CT molecular complexity index is 920. The molecule has 4 rings (SSSR count). The van der Waals surface area contributed by atoms with Crippen LogP contribution in [0.15, 0.2) is 18.2 Å². The summed E-state index contributed by atoms with van der Waals surface area (Å²) in [6.45, 7) is 0.129. The maximum absolute atomic E-state index is 12.8. The molecule has 1 aliphatic carbocycles. The van der Waals surface area contributed by atoms with Crippen molar-refractivity contribution < 1.29 is 29.1 Å². The summed E-state index contributed by atoms with van der Waals surface area (Å²) in [6.07, 6.45) is 1.45. The van der Waals surface area contributed by atoms with Crippen molar-refractivity contribution in [2.45, 2.75) is 38.3 Å². The van der Waals surface area contributed by atoms with Crippen LogP contribution in [0.25, 0.3) is 0 Å². The first-order chi connectivity index (χ1) is 13.3. The summed E-state index contributed by atoms with van der Waals surface area (Å²) in [5.41, 5.74) is 0.260. The molecule has 1 aromatic rings. The van der Waals surface area contributed by atoms with Crippen molar-refractivity contribution >= 4 is 29.6 Å². The number of hydrogen-bond acceptors (Lipinski definition) is 5. The van der Waals surface area contributed by atoms with Crippen LogP contribution in [0.5, 0.6) is 0 Å². The summed E-state index contributed by atoms with van der Waals surface area (Å²) in [5.74, 6) is -2.60. The number of carbonyl (C=O) groups excluding carboxylic acids is 4. The van der Waals surface area contributed by atoms with E-state index in [0.29, 0.717) is 29.5 Å². The van der Waals surface area contributed by atoms with Gasteiger partial charge < -0.3 is 15.3 Å². The van der Waals surface area contributed by atoms with Gasteiger partial charge in [-0.25, -0.2) is 0 Å². The molecule has 2 heterocycles. The van der Waals surface area contributed by atoms with Crippen molar-refractivity contribution in [3.63, 3.8) is 0 Å². The Labute approximate surface area is 160 Å². The van der Waals surface area contributed by atoms with E-state index in [1.54, 1.807) is 18.2 Å². The van der Waals surface area contributed by atoms with Crippen LogP contribution in [-0.2, 0) is 20.9 Å². The number of carboxylic acids is 1. The minimum atomic E-state index is -0.926. The molecule has 0 aromatic heterocycles. The molecule has 1 unspecified atom stereocenters. The van der Waals surface area contributed by atoms with Gasteiger partial charge in [-0.2, -0.15) is 0 Å². The van der Waals surface area contributed by atoms with Crippen LogP contribution >= 0.6 is 0 Å². The molecule has 0 bridgehead atoms. The fourth-order valence-electron chi connectivity index (χ4n) is 3.76. The lowest BCUT2D eigenvalue weighted by Crippen LogP contribution is -2.52. The second-order valence-corrected chi connectivity index (χ2v) is 7.50. The maximum atomic E-state index is 12.8. The molecular formula is C19H19N3O6. The number of benzene rings is 1. The summed E-state index contributed by atoms with van der Waals surface area (Å²) < 4.78 is 0. The smallest absolute Gasteiger partial charge is 0.311 e. The average molecular weight is 385 g/mol. The van der Waals surface area contributed by atoms with Gasteiger partial charge in [0.2, 0.25) is 11.8 Å². The molecule has 1 saturated heterocycles. The number of carbonyl (C=O) groups is 5. The highest BCUT2D eigenvalue weighted by molar-refractivity contribution is 6.07. The van der Waals surface area contributed by atoms with E-state index in [1.165, 1.54) is 4.90 Å². The summed E-state index contributed by atoms with van der Waals surface area (Å²) in [7, 11) is 0. The van der Waals surface area contributed by atoms with Crippen molar-refractivity contribution in [1.29, 1.82) is 0 Å². The molecule has 3 aliphatic rings. The molecule has 0 spiro atoms. The highest BCUT2D eigenvalue weighted by atomic mass is 16.4. The van der Waals surface area contributed by atoms with Crippen LogP contribution in [0.3, 0.4) is 0 Å². The molecule has 1 saturated carbocycles. The highest BCUT2D eigenvalue weighted by Gasteiger charge is 2.50. The number of imide groups is 1. The van der Waals surface area contributed by atoms with Gasteiger partial charge in [0.25, 0.3) is 11.8 Å². The number of fused-ring (bicyclic) bond motifs is 1. The number of carboxylic acid groups (broad SMARTS) is 1. The first-order valence-corrected chi connectivity index (χ1v) is 9.10. The third kappa shape index (κ3) is 2.92. The van der Waals surface area contributed by atoms with Gasteiger partial charge in [0.05, 0.1) is 5.41 Å². The second kappa shape index (κ2) is 6.43. The topological polar surface area (TPSA) is 133 Å². The van der Waals surface area contributed by atoms with Crippen molar-refractivity contribution in [3.05, 3.63) is 34.9 Å². The van der Waals surface area contributed by atoms with E-state index >= 15 is 0 Å². The van der Waals surface area contributed by atoms with E-state index in [9.17, 15) is 29.1 Å². The van der Waals surface area contributed by atoms with Crippen LogP contribution in [-0.4, -0.2) is 52.2 Å². The second-order valence-electron chi connectivity index (χ2n) is 7.50. The normalized spacial score (nSPS) is 22.5. The number of nitrogens with zero attached hydrogens (tertiary/aromatic N) is 1. The van der Waals surface area contributed by atoms with E-state index in [-0.39, 0.29) is 37.7 Å². The number of rotatable bonds is 5. The highest BCUT2D eigenvalue weighted by Crippen LogP contribution is 2.45. The summed E-state index contributed by atoms with van der Waals surface area (Å²) >= 11 is 0. The van der Waals surface area contributed by atoms with Crippen LogP contribution in [0.1, 0.15) is 52.0 Å². The van der Waals surface area contributed by atoms with Crippen LogP contribution < -0.4 is 10.6 Å². The summed E-state index contributed by atoms with van der Waals surface area (Å²) in [4.78, 5) is 61.5. The standard InChI is InChI=1S/C19H19N3O6/c23-14-5-4-13(16(25)21-14)22-8-12-10(2-1-3-11(12)17(22)26)15(24)20-9-19(6-7-19)18(27)28/h1-3,13H,4-9H2,(H,20,24)(H,27,28)(H,21,23,25). The predicted octanol–water partition coefficient (Wildman–Crippen LogP) is 0.0422. The zero-order valence-corrected chi connectivity index (χ0v) is 15.0. The molecule has 1 atom stereocenters. The Hall–Kier alpha value is -3.23. The quantitative estimate of drug-likeness (QED) is 0.613. The van der Waals surface area contributed by atoms with E-state index in [1.807, 2.05) is 0 Å². The Morgan fingerprint density at radius 1 is 1.25 bits per heavy atom. The lowest BCUT2D eigenvalue weighted by atomic mass is 10.0. The predicted molar refractivity (Wildman–Crippen MR) is 94.1 cm³/mol. The van der Waals surface area contributed by atoms with Crippen molar-refractivity contribution in [3.8, 4) is 0 Å². The Morgan fingerprint density at radius 2 is 2.00 bits per heavy atom. The zero-order chi connectivity index (χ0) is 20.1. The SMILES string of the molecule is O=C1CCC(N2Cc3c(C(=O)NCC4(C(=O)O)CC4)cccc3C2=O)C(=O)N1. The lowest BCUT2D eigenvalue weighted by Gasteiger charge is -2.29. The van der Waals surface area contributed by atoms with Gasteiger partial charge in [0.1, 0.15) is 6.04 Å². The van der Waals surface area contributed by atoms with E-state index in [4.69, 9.17) is 0 Å². The van der Waals surface area contributed by atoms with E-state index in [2.05, 4.69) is 10.6 Å². The number of amides is 4. The fraction of sp³-hybridized carbons (Fsp3) is 0.421. The number of piperidine rings is 1. The molecule has 146 valence electrons. The molecule has 0 radical (unpaired) electrons. The first kappa shape index (κ1) is 18.1. The number of nitrogens with one attached hydrogen (secondary N) is 2. The van der Waals surface area contributed by atoms with Crippen LogP contribution in [0, 0.1) is 5.41 Å². The minimum Gasteiger partial charge on any atom is -0.481 e. The van der Waals surface area contributed by atoms with Gasteiger partial charge in [-0.05, 0) is 37.0 Å². The molecule has 9 nitrogen and oxygen atoms in total. The maximum Gasteiger partial charge on any atom is 0.311 e. The first-order valence-electron chi connectivity index (χ1n) is 9.10. The van der Waals surface area contributed by atoms with Gasteiger partial charge >= 0.3 is 5.97 Å². The van der Waals surface area contributed by atoms with Gasteiger partial charge in [-0.3, -0.25) is 29.3 Å².